The summed E-state index contributed by atoms with van der Waals surface area (Å²) in [6, 6.07) is 9.98. The zero-order chi connectivity index (χ0) is 20.2. The highest BCUT2D eigenvalue weighted by molar-refractivity contribution is 8.19. The zero-order valence-corrected chi connectivity index (χ0v) is 15.8. The van der Waals surface area contributed by atoms with Crippen LogP contribution in [0.4, 0.5) is 20.6 Å². The van der Waals surface area contributed by atoms with Gasteiger partial charge in [-0.3, -0.25) is 19.2 Å². The Kier molecular flexibility index (Phi) is 4.32. The molecule has 0 radical (unpaired) electrons. The molecule has 9 heteroatoms. The summed E-state index contributed by atoms with van der Waals surface area (Å²) < 4.78 is 13.4. The predicted molar refractivity (Wildman–Crippen MR) is 103 cm³/mol. The number of fused-ring (bicyclic) bond motifs is 1. The maximum absolute atomic E-state index is 13.4. The van der Waals surface area contributed by atoms with E-state index in [0.29, 0.717) is 23.0 Å². The lowest BCUT2D eigenvalue weighted by atomic mass is 10.1. The third-order valence-corrected chi connectivity index (χ3v) is 5.53. The third kappa shape index (κ3) is 2.64. The molecule has 2 heterocycles. The smallest absolute Gasteiger partial charge is 0.274 e. The normalized spacial score (nSPS) is 18.9. The van der Waals surface area contributed by atoms with Crippen LogP contribution in [0.1, 0.15) is 12.5 Å². The number of anilines is 2. The summed E-state index contributed by atoms with van der Waals surface area (Å²) in [7, 11) is 0. The summed E-state index contributed by atoms with van der Waals surface area (Å²) >= 11 is 6.34. The summed E-state index contributed by atoms with van der Waals surface area (Å²) in [6.07, 6.45) is 0. The first-order chi connectivity index (χ1) is 13.3. The van der Waals surface area contributed by atoms with Crippen LogP contribution in [0, 0.1) is 5.82 Å². The number of carbonyl (C=O) groups excluding carboxylic acids is 4. The van der Waals surface area contributed by atoms with E-state index in [9.17, 15) is 23.6 Å². The van der Waals surface area contributed by atoms with Crippen LogP contribution in [0.5, 0.6) is 0 Å². The fraction of sp³-hybridized carbons (Fsp3) is 0.0526. The summed E-state index contributed by atoms with van der Waals surface area (Å²) in [5.74, 6) is -2.60. The second kappa shape index (κ2) is 6.57. The minimum atomic E-state index is -0.735. The Bertz CT molecular complexity index is 1130. The first-order valence-electron chi connectivity index (χ1n) is 8.01. The van der Waals surface area contributed by atoms with Gasteiger partial charge in [0, 0.05) is 12.5 Å². The first-order valence-corrected chi connectivity index (χ1v) is 9.20. The molecule has 140 valence electrons. The summed E-state index contributed by atoms with van der Waals surface area (Å²) in [6.45, 7) is 1.24. The van der Waals surface area contributed by atoms with E-state index >= 15 is 0 Å². The van der Waals surface area contributed by atoms with E-state index < -0.39 is 28.8 Å². The number of amides is 4. The average molecular weight is 417 g/mol. The first kappa shape index (κ1) is 18.4. The topological polar surface area (TPSA) is 74.8 Å². The molecule has 0 spiro atoms. The van der Waals surface area contributed by atoms with Gasteiger partial charge in [0.25, 0.3) is 17.1 Å². The summed E-state index contributed by atoms with van der Waals surface area (Å²) in [4.78, 5) is 52.0. The number of hydrogen-bond acceptors (Lipinski definition) is 5. The van der Waals surface area contributed by atoms with E-state index in [0.717, 1.165) is 21.9 Å². The van der Waals surface area contributed by atoms with Crippen molar-refractivity contribution >= 4 is 63.3 Å². The lowest BCUT2D eigenvalue weighted by molar-refractivity contribution is -0.122. The van der Waals surface area contributed by atoms with Gasteiger partial charge in [-0.05, 0) is 36.0 Å². The number of nitrogens with zero attached hydrogens (tertiary/aromatic N) is 2. The molecule has 0 N–H and O–H groups in total. The van der Waals surface area contributed by atoms with Gasteiger partial charge in [0.1, 0.15) is 5.82 Å². The van der Waals surface area contributed by atoms with E-state index in [1.54, 1.807) is 24.3 Å². The van der Waals surface area contributed by atoms with Crippen molar-refractivity contribution in [1.29, 1.82) is 0 Å². The average Bonchev–Trinajstić information content (AvgIpc) is 3.10. The second-order valence-electron chi connectivity index (χ2n) is 5.99. The van der Waals surface area contributed by atoms with Crippen LogP contribution in [-0.2, 0) is 14.4 Å². The standard InChI is InChI=1S/C19H10ClFN2O4S/c1-9(24)22-14-5-3-2-4-11(14)15(17(22)25)16-18(26)23(19(27)28-16)10-6-7-13(21)12(20)8-10/h2-8H,1H3/b16-15-. The molecule has 0 aliphatic carbocycles. The number of imide groups is 2. The van der Waals surface area contributed by atoms with Crippen LogP contribution in [0.2, 0.25) is 5.02 Å². The summed E-state index contributed by atoms with van der Waals surface area (Å²) in [5.41, 5.74) is 0.827. The van der Waals surface area contributed by atoms with E-state index in [4.69, 9.17) is 11.6 Å². The SMILES string of the molecule is CC(=O)N1C(=O)/C(=C2\SC(=O)N(c3ccc(F)c(Cl)c3)C2=O)c2ccccc21. The molecule has 6 nitrogen and oxygen atoms in total. The molecule has 4 rings (SSSR count). The van der Waals surface area contributed by atoms with Crippen LogP contribution in [0.3, 0.4) is 0 Å². The molecule has 0 bridgehead atoms. The minimum Gasteiger partial charge on any atom is -0.274 e. The van der Waals surface area contributed by atoms with Crippen molar-refractivity contribution in [2.24, 2.45) is 0 Å². The second-order valence-corrected chi connectivity index (χ2v) is 7.36. The van der Waals surface area contributed by atoms with Crippen molar-refractivity contribution in [3.63, 3.8) is 0 Å². The zero-order valence-electron chi connectivity index (χ0n) is 14.2. The van der Waals surface area contributed by atoms with Crippen LogP contribution >= 0.6 is 23.4 Å². The molecular formula is C19H10ClFN2O4S. The molecule has 2 aliphatic rings. The highest BCUT2D eigenvalue weighted by Crippen LogP contribution is 2.45. The van der Waals surface area contributed by atoms with Crippen molar-refractivity contribution < 1.29 is 23.6 Å². The molecule has 0 atom stereocenters. The van der Waals surface area contributed by atoms with Crippen LogP contribution < -0.4 is 9.80 Å². The molecule has 0 saturated carbocycles. The Morgan fingerprint density at radius 2 is 1.79 bits per heavy atom. The molecule has 4 amide bonds. The lowest BCUT2D eigenvalue weighted by Gasteiger charge is -2.13. The van der Waals surface area contributed by atoms with E-state index in [-0.39, 0.29) is 21.2 Å². The largest absolute Gasteiger partial charge is 0.298 e. The third-order valence-electron chi connectivity index (χ3n) is 4.30. The Labute approximate surface area is 167 Å². The van der Waals surface area contributed by atoms with Crippen molar-refractivity contribution in [2.45, 2.75) is 6.92 Å². The van der Waals surface area contributed by atoms with E-state index in [1.807, 2.05) is 0 Å². The molecule has 2 aromatic rings. The van der Waals surface area contributed by atoms with Gasteiger partial charge in [0.05, 0.1) is 26.9 Å². The highest BCUT2D eigenvalue weighted by Gasteiger charge is 2.45. The molecule has 1 fully saturated rings. The van der Waals surface area contributed by atoms with Gasteiger partial charge >= 0.3 is 0 Å². The number of thioether (sulfide) groups is 1. The van der Waals surface area contributed by atoms with E-state index in [1.165, 1.54) is 13.0 Å². The number of benzene rings is 2. The number of halogens is 2. The van der Waals surface area contributed by atoms with Crippen LogP contribution in [-0.4, -0.2) is 23.0 Å². The van der Waals surface area contributed by atoms with Gasteiger partial charge in [0.15, 0.2) is 0 Å². The fourth-order valence-corrected chi connectivity index (χ4v) is 4.22. The Morgan fingerprint density at radius 1 is 1.07 bits per heavy atom. The van der Waals surface area contributed by atoms with Gasteiger partial charge < -0.3 is 0 Å². The molecule has 0 unspecified atom stereocenters. The molecule has 28 heavy (non-hydrogen) atoms. The van der Waals surface area contributed by atoms with Crippen molar-refractivity contribution in [1.82, 2.24) is 0 Å². The maximum atomic E-state index is 13.4. The number of rotatable bonds is 1. The maximum Gasteiger partial charge on any atom is 0.298 e. The molecular weight excluding hydrogens is 407 g/mol. The van der Waals surface area contributed by atoms with E-state index in [2.05, 4.69) is 0 Å². The Balaban J connectivity index is 1.86. The lowest BCUT2D eigenvalue weighted by Crippen LogP contribution is -2.32. The predicted octanol–water partition coefficient (Wildman–Crippen LogP) is 3.98. The van der Waals surface area contributed by atoms with Gasteiger partial charge in [-0.15, -0.1) is 0 Å². The van der Waals surface area contributed by atoms with Gasteiger partial charge in [0.2, 0.25) is 5.91 Å². The van der Waals surface area contributed by atoms with Crippen molar-refractivity contribution in [3.8, 4) is 0 Å². The number of hydrogen-bond donors (Lipinski definition) is 0. The van der Waals surface area contributed by atoms with Gasteiger partial charge in [-0.2, -0.15) is 0 Å². The molecule has 2 aromatic carbocycles. The molecule has 0 aromatic heterocycles. The monoisotopic (exact) mass is 416 g/mol. The quantitative estimate of drug-likeness (QED) is 0.657. The van der Waals surface area contributed by atoms with Gasteiger partial charge in [-0.25, -0.2) is 14.2 Å². The molecule has 1 saturated heterocycles. The highest BCUT2D eigenvalue weighted by atomic mass is 35.5. The molecule has 2 aliphatic heterocycles. The van der Waals surface area contributed by atoms with Gasteiger partial charge in [-0.1, -0.05) is 29.8 Å². The number of para-hydroxylation sites is 1. The van der Waals surface area contributed by atoms with Crippen LogP contribution in [0.15, 0.2) is 47.4 Å². The minimum absolute atomic E-state index is 0.00939. The van der Waals surface area contributed by atoms with Crippen LogP contribution in [0.25, 0.3) is 5.57 Å². The van der Waals surface area contributed by atoms with Crippen molar-refractivity contribution in [3.05, 3.63) is 63.8 Å². The summed E-state index contributed by atoms with van der Waals surface area (Å²) in [5, 5.41) is -0.893. The fourth-order valence-electron chi connectivity index (χ4n) is 3.11. The number of carbonyl (C=O) groups is 4. The van der Waals surface area contributed by atoms with Crippen molar-refractivity contribution in [2.75, 3.05) is 9.80 Å². The Hall–Kier alpha value is -2.97. The Morgan fingerprint density at radius 3 is 2.46 bits per heavy atom.